The molecule has 1 aromatic rings. The van der Waals surface area contributed by atoms with Crippen LogP contribution in [0.15, 0.2) is 12.1 Å². The van der Waals surface area contributed by atoms with Gasteiger partial charge in [-0.2, -0.15) is 5.26 Å². The third kappa shape index (κ3) is 3.01. The number of aliphatic hydroxyl groups excluding tert-OH is 1. The first kappa shape index (κ1) is 15.4. The summed E-state index contributed by atoms with van der Waals surface area (Å²) in [7, 11) is 0. The van der Waals surface area contributed by atoms with Gasteiger partial charge in [0, 0.05) is 6.54 Å². The Morgan fingerprint density at radius 2 is 2.14 bits per heavy atom. The molecule has 21 heavy (non-hydrogen) atoms. The average Bonchev–Trinajstić information content (AvgIpc) is 2.46. The lowest BCUT2D eigenvalue weighted by atomic mass is 10.1. The highest BCUT2D eigenvalue weighted by atomic mass is 19.1. The molecule has 1 aliphatic rings. The maximum absolute atomic E-state index is 13.9. The smallest absolute Gasteiger partial charge is 0.260 e. The van der Waals surface area contributed by atoms with Crippen LogP contribution in [0.2, 0.25) is 0 Å². The van der Waals surface area contributed by atoms with Crippen molar-refractivity contribution in [2.75, 3.05) is 19.8 Å². The molecule has 2 unspecified atom stereocenters. The topological polar surface area (TPSA) is 73.6 Å². The van der Waals surface area contributed by atoms with Crippen LogP contribution < -0.4 is 0 Å². The molecule has 1 amide bonds. The van der Waals surface area contributed by atoms with Crippen LogP contribution in [0.3, 0.4) is 0 Å². The minimum Gasteiger partial charge on any atom is -0.394 e. The molecule has 1 aliphatic heterocycles. The van der Waals surface area contributed by atoms with Crippen LogP contribution in [-0.2, 0) is 4.74 Å². The summed E-state index contributed by atoms with van der Waals surface area (Å²) in [6.07, 6.45) is -0.574. The summed E-state index contributed by atoms with van der Waals surface area (Å²) in [5, 5.41) is 17.7. The van der Waals surface area contributed by atoms with E-state index in [1.54, 1.807) is 13.0 Å². The third-order valence-electron chi connectivity index (χ3n) is 3.36. The highest BCUT2D eigenvalue weighted by Crippen LogP contribution is 2.21. The molecule has 0 bridgehead atoms. The summed E-state index contributed by atoms with van der Waals surface area (Å²) in [5.41, 5.74) is -0.885. The van der Waals surface area contributed by atoms with E-state index in [-0.39, 0.29) is 31.4 Å². The molecule has 5 nitrogen and oxygen atoms in total. The second-order valence-electron chi connectivity index (χ2n) is 4.87. The first-order chi connectivity index (χ1) is 9.97. The summed E-state index contributed by atoms with van der Waals surface area (Å²) < 4.78 is 33.1. The number of nitriles is 1. The molecule has 2 atom stereocenters. The number of halogens is 2. The Labute approximate surface area is 120 Å². The lowest BCUT2D eigenvalue weighted by Gasteiger charge is -2.37. The zero-order valence-corrected chi connectivity index (χ0v) is 11.3. The fraction of sp³-hybridized carbons (Fsp3) is 0.429. The largest absolute Gasteiger partial charge is 0.394 e. The predicted octanol–water partition coefficient (Wildman–Crippen LogP) is 1.06. The number of carbonyl (C=O) groups is 1. The number of benzene rings is 1. The molecule has 7 heteroatoms. The van der Waals surface area contributed by atoms with E-state index in [1.165, 1.54) is 4.90 Å². The van der Waals surface area contributed by atoms with Gasteiger partial charge in [0.25, 0.3) is 5.91 Å². The van der Waals surface area contributed by atoms with Gasteiger partial charge in [0.15, 0.2) is 0 Å². The van der Waals surface area contributed by atoms with Gasteiger partial charge < -0.3 is 14.7 Å². The van der Waals surface area contributed by atoms with Gasteiger partial charge in [-0.25, -0.2) is 8.78 Å². The van der Waals surface area contributed by atoms with Crippen molar-refractivity contribution in [3.8, 4) is 6.07 Å². The molecular formula is C14H14F2N2O3. The standard InChI is InChI=1S/C14H14F2N2O3/c1-8-7-21-10(6-19)5-18(8)14(20)13-11(15)2-9(4-17)3-12(13)16/h2-3,8,10,19H,5-7H2,1H3. The molecule has 0 aliphatic carbocycles. The van der Waals surface area contributed by atoms with Crippen molar-refractivity contribution in [3.63, 3.8) is 0 Å². The van der Waals surface area contributed by atoms with Gasteiger partial charge >= 0.3 is 0 Å². The molecule has 112 valence electrons. The highest BCUT2D eigenvalue weighted by Gasteiger charge is 2.32. The minimum atomic E-state index is -1.07. The van der Waals surface area contributed by atoms with Crippen molar-refractivity contribution in [3.05, 3.63) is 34.9 Å². The molecule has 1 aromatic carbocycles. The maximum Gasteiger partial charge on any atom is 0.260 e. The van der Waals surface area contributed by atoms with Crippen LogP contribution in [0.5, 0.6) is 0 Å². The Morgan fingerprint density at radius 3 is 2.67 bits per heavy atom. The second kappa shape index (κ2) is 6.16. The van der Waals surface area contributed by atoms with Crippen molar-refractivity contribution in [2.45, 2.75) is 19.1 Å². The number of rotatable bonds is 2. The van der Waals surface area contributed by atoms with E-state index in [1.807, 2.05) is 0 Å². The molecule has 2 rings (SSSR count). The molecule has 0 aromatic heterocycles. The average molecular weight is 296 g/mol. The zero-order valence-electron chi connectivity index (χ0n) is 11.3. The number of hydrogen-bond donors (Lipinski definition) is 1. The van der Waals surface area contributed by atoms with Gasteiger partial charge in [0.1, 0.15) is 17.2 Å². The van der Waals surface area contributed by atoms with Crippen molar-refractivity contribution in [1.82, 2.24) is 4.90 Å². The Hall–Kier alpha value is -2.04. The summed E-state index contributed by atoms with van der Waals surface area (Å²) >= 11 is 0. The minimum absolute atomic E-state index is 0.0510. The summed E-state index contributed by atoms with van der Waals surface area (Å²) in [4.78, 5) is 13.6. The van der Waals surface area contributed by atoms with Crippen molar-refractivity contribution < 1.29 is 23.4 Å². The SMILES string of the molecule is CC1COC(CO)CN1C(=O)c1c(F)cc(C#N)cc1F. The van der Waals surface area contributed by atoms with E-state index >= 15 is 0 Å². The van der Waals surface area contributed by atoms with Crippen LogP contribution in [0.25, 0.3) is 0 Å². The van der Waals surface area contributed by atoms with Gasteiger partial charge in [-0.15, -0.1) is 0 Å². The molecule has 0 saturated carbocycles. The van der Waals surface area contributed by atoms with Gasteiger partial charge in [0.2, 0.25) is 0 Å². The second-order valence-corrected chi connectivity index (χ2v) is 4.87. The summed E-state index contributed by atoms with van der Waals surface area (Å²) in [6.45, 7) is 1.63. The van der Waals surface area contributed by atoms with E-state index < -0.39 is 29.2 Å². The fourth-order valence-electron chi connectivity index (χ4n) is 2.20. The zero-order chi connectivity index (χ0) is 15.6. The number of carbonyl (C=O) groups excluding carboxylic acids is 1. The Morgan fingerprint density at radius 1 is 1.52 bits per heavy atom. The number of nitrogens with zero attached hydrogens (tertiary/aromatic N) is 2. The Balaban J connectivity index is 2.33. The summed E-state index contributed by atoms with van der Waals surface area (Å²) in [5.74, 6) is -2.96. The van der Waals surface area contributed by atoms with Crippen LogP contribution in [0.4, 0.5) is 8.78 Å². The molecule has 1 saturated heterocycles. The van der Waals surface area contributed by atoms with Crippen LogP contribution >= 0.6 is 0 Å². The molecule has 1 heterocycles. The first-order valence-electron chi connectivity index (χ1n) is 6.40. The number of hydrogen-bond acceptors (Lipinski definition) is 4. The lowest BCUT2D eigenvalue weighted by Crippen LogP contribution is -2.52. The third-order valence-corrected chi connectivity index (χ3v) is 3.36. The van der Waals surface area contributed by atoms with E-state index in [2.05, 4.69) is 0 Å². The number of amides is 1. The number of morpholine rings is 1. The lowest BCUT2D eigenvalue weighted by molar-refractivity contribution is -0.0669. The Kier molecular flexibility index (Phi) is 4.50. The first-order valence-corrected chi connectivity index (χ1v) is 6.40. The van der Waals surface area contributed by atoms with Crippen molar-refractivity contribution >= 4 is 5.91 Å². The summed E-state index contributed by atoms with van der Waals surface area (Å²) in [6, 6.07) is 2.90. The van der Waals surface area contributed by atoms with Crippen molar-refractivity contribution in [2.24, 2.45) is 0 Å². The monoisotopic (exact) mass is 296 g/mol. The van der Waals surface area contributed by atoms with Crippen molar-refractivity contribution in [1.29, 1.82) is 5.26 Å². The van der Waals surface area contributed by atoms with E-state index in [0.717, 1.165) is 12.1 Å². The van der Waals surface area contributed by atoms with Crippen LogP contribution in [0.1, 0.15) is 22.8 Å². The van der Waals surface area contributed by atoms with Gasteiger partial charge in [-0.05, 0) is 19.1 Å². The van der Waals surface area contributed by atoms with Gasteiger partial charge in [0.05, 0.1) is 37.0 Å². The number of ether oxygens (including phenoxy) is 1. The Bertz CT molecular complexity index is 577. The molecule has 0 radical (unpaired) electrons. The number of aliphatic hydroxyl groups is 1. The molecule has 1 N–H and O–H groups in total. The quantitative estimate of drug-likeness (QED) is 0.885. The normalized spacial score (nSPS) is 22.0. The maximum atomic E-state index is 13.9. The molecular weight excluding hydrogens is 282 g/mol. The fourth-order valence-corrected chi connectivity index (χ4v) is 2.20. The van der Waals surface area contributed by atoms with Gasteiger partial charge in [-0.3, -0.25) is 4.79 Å². The van der Waals surface area contributed by atoms with E-state index in [4.69, 9.17) is 15.1 Å². The molecule has 0 spiro atoms. The van der Waals surface area contributed by atoms with Crippen LogP contribution in [-0.4, -0.2) is 47.8 Å². The van der Waals surface area contributed by atoms with E-state index in [0.29, 0.717) is 0 Å². The van der Waals surface area contributed by atoms with Crippen LogP contribution in [0, 0.1) is 23.0 Å². The van der Waals surface area contributed by atoms with E-state index in [9.17, 15) is 13.6 Å². The predicted molar refractivity (Wildman–Crippen MR) is 68.4 cm³/mol. The highest BCUT2D eigenvalue weighted by molar-refractivity contribution is 5.95. The molecule has 1 fully saturated rings. The van der Waals surface area contributed by atoms with Gasteiger partial charge in [-0.1, -0.05) is 0 Å².